The highest BCUT2D eigenvalue weighted by molar-refractivity contribution is 9.09. The monoisotopic (exact) mass is 286 g/mol. The first-order valence-corrected chi connectivity index (χ1v) is 6.38. The van der Waals surface area contributed by atoms with Crippen LogP contribution in [-0.2, 0) is 4.74 Å². The Morgan fingerprint density at radius 2 is 2.56 bits per heavy atom. The molecule has 1 aromatic rings. The van der Waals surface area contributed by atoms with Gasteiger partial charge in [0.1, 0.15) is 0 Å². The molecule has 1 aromatic heterocycles. The molecule has 2 rings (SSSR count). The minimum Gasteiger partial charge on any atom is -0.493 e. The average molecular weight is 287 g/mol. The van der Waals surface area contributed by atoms with Crippen molar-refractivity contribution in [2.75, 3.05) is 37.1 Å². The fraction of sp³-hybridized carbons (Fsp3) is 0.545. The average Bonchev–Trinajstić information content (AvgIpc) is 2.38. The van der Waals surface area contributed by atoms with Gasteiger partial charge in [0.2, 0.25) is 0 Å². The molecular weight excluding hydrogens is 272 g/mol. The van der Waals surface area contributed by atoms with Gasteiger partial charge in [0, 0.05) is 18.1 Å². The molecule has 4 nitrogen and oxygen atoms in total. The van der Waals surface area contributed by atoms with Crippen LogP contribution in [0.25, 0.3) is 0 Å². The van der Waals surface area contributed by atoms with E-state index >= 15 is 0 Å². The predicted molar refractivity (Wildman–Crippen MR) is 66.5 cm³/mol. The highest BCUT2D eigenvalue weighted by Gasteiger charge is 2.25. The van der Waals surface area contributed by atoms with Crippen molar-refractivity contribution in [1.82, 2.24) is 4.98 Å². The Hall–Kier alpha value is -0.810. The number of morpholine rings is 1. The Labute approximate surface area is 104 Å². The molecule has 1 unspecified atom stereocenters. The molecule has 0 amide bonds. The Bertz CT molecular complexity index is 349. The largest absolute Gasteiger partial charge is 0.493 e. The number of ether oxygens (including phenoxy) is 2. The Morgan fingerprint density at radius 3 is 3.31 bits per heavy atom. The third-order valence-electron chi connectivity index (χ3n) is 2.65. The van der Waals surface area contributed by atoms with Crippen molar-refractivity contribution in [1.29, 1.82) is 0 Å². The quantitative estimate of drug-likeness (QED) is 0.792. The molecule has 0 aliphatic carbocycles. The van der Waals surface area contributed by atoms with Crippen LogP contribution in [0.15, 0.2) is 18.3 Å². The number of methoxy groups -OCH3 is 1. The van der Waals surface area contributed by atoms with E-state index in [0.29, 0.717) is 6.04 Å². The molecule has 1 aliphatic rings. The molecule has 0 aromatic carbocycles. The number of nitrogens with zero attached hydrogens (tertiary/aromatic N) is 2. The number of hydrogen-bond donors (Lipinski definition) is 0. The van der Waals surface area contributed by atoms with Gasteiger partial charge in [-0.1, -0.05) is 15.9 Å². The van der Waals surface area contributed by atoms with E-state index in [4.69, 9.17) is 9.47 Å². The van der Waals surface area contributed by atoms with Crippen molar-refractivity contribution in [2.24, 2.45) is 0 Å². The Kier molecular flexibility index (Phi) is 4.01. The second-order valence-corrected chi connectivity index (χ2v) is 4.25. The molecule has 2 heterocycles. The summed E-state index contributed by atoms with van der Waals surface area (Å²) in [5.41, 5.74) is 0. The highest BCUT2D eigenvalue weighted by Crippen LogP contribution is 2.28. The molecule has 1 atom stereocenters. The summed E-state index contributed by atoms with van der Waals surface area (Å²) < 4.78 is 10.8. The first-order chi connectivity index (χ1) is 7.86. The summed E-state index contributed by atoms with van der Waals surface area (Å²) in [7, 11) is 1.67. The van der Waals surface area contributed by atoms with E-state index in [1.165, 1.54) is 0 Å². The standard InChI is InChI=1S/C11H15BrN2O2/c1-15-10-3-2-4-13-11(10)14-5-6-16-8-9(14)7-12/h2-4,9H,5-8H2,1H3. The van der Waals surface area contributed by atoms with Crippen LogP contribution in [0.1, 0.15) is 0 Å². The van der Waals surface area contributed by atoms with Gasteiger partial charge in [0.25, 0.3) is 0 Å². The number of aromatic nitrogens is 1. The van der Waals surface area contributed by atoms with Gasteiger partial charge in [0.05, 0.1) is 26.4 Å². The third-order valence-corrected chi connectivity index (χ3v) is 3.40. The second kappa shape index (κ2) is 5.50. The lowest BCUT2D eigenvalue weighted by atomic mass is 10.2. The van der Waals surface area contributed by atoms with Gasteiger partial charge in [-0.15, -0.1) is 0 Å². The van der Waals surface area contributed by atoms with Crippen LogP contribution < -0.4 is 9.64 Å². The smallest absolute Gasteiger partial charge is 0.171 e. The maximum atomic E-state index is 5.46. The van der Waals surface area contributed by atoms with E-state index in [-0.39, 0.29) is 0 Å². The van der Waals surface area contributed by atoms with E-state index in [1.807, 2.05) is 12.1 Å². The lowest BCUT2D eigenvalue weighted by molar-refractivity contribution is 0.0997. The maximum Gasteiger partial charge on any atom is 0.171 e. The molecular formula is C11H15BrN2O2. The van der Waals surface area contributed by atoms with Crippen molar-refractivity contribution < 1.29 is 9.47 Å². The number of halogens is 1. The number of rotatable bonds is 3. The molecule has 0 N–H and O–H groups in total. The Balaban J connectivity index is 2.26. The molecule has 16 heavy (non-hydrogen) atoms. The summed E-state index contributed by atoms with van der Waals surface area (Å²) in [5.74, 6) is 1.72. The number of alkyl halides is 1. The zero-order valence-electron chi connectivity index (χ0n) is 9.23. The zero-order valence-corrected chi connectivity index (χ0v) is 10.8. The first-order valence-electron chi connectivity index (χ1n) is 5.26. The van der Waals surface area contributed by atoms with Crippen LogP contribution in [-0.4, -0.2) is 43.2 Å². The van der Waals surface area contributed by atoms with Crippen molar-refractivity contribution in [3.05, 3.63) is 18.3 Å². The summed E-state index contributed by atoms with van der Waals surface area (Å²) in [6.07, 6.45) is 1.79. The van der Waals surface area contributed by atoms with Crippen molar-refractivity contribution in [3.63, 3.8) is 0 Å². The predicted octanol–water partition coefficient (Wildman–Crippen LogP) is 1.69. The summed E-state index contributed by atoms with van der Waals surface area (Å²) in [6, 6.07) is 4.13. The second-order valence-electron chi connectivity index (χ2n) is 3.61. The van der Waals surface area contributed by atoms with Gasteiger partial charge in [-0.25, -0.2) is 4.98 Å². The van der Waals surface area contributed by atoms with E-state index in [0.717, 1.165) is 36.7 Å². The molecule has 0 spiro atoms. The summed E-state index contributed by atoms with van der Waals surface area (Å²) in [4.78, 5) is 6.63. The molecule has 1 aliphatic heterocycles. The third kappa shape index (κ3) is 2.30. The van der Waals surface area contributed by atoms with Gasteiger partial charge in [0.15, 0.2) is 11.6 Å². The van der Waals surface area contributed by atoms with E-state index < -0.39 is 0 Å². The van der Waals surface area contributed by atoms with Crippen molar-refractivity contribution >= 4 is 21.7 Å². The zero-order chi connectivity index (χ0) is 11.4. The highest BCUT2D eigenvalue weighted by atomic mass is 79.9. The molecule has 1 saturated heterocycles. The summed E-state index contributed by atoms with van der Waals surface area (Å²) in [5, 5.41) is 0.868. The first kappa shape index (κ1) is 11.7. The van der Waals surface area contributed by atoms with Crippen LogP contribution >= 0.6 is 15.9 Å². The van der Waals surface area contributed by atoms with Crippen LogP contribution in [0.4, 0.5) is 5.82 Å². The van der Waals surface area contributed by atoms with Crippen LogP contribution in [0.2, 0.25) is 0 Å². The minimum absolute atomic E-state index is 0.317. The van der Waals surface area contributed by atoms with Gasteiger partial charge in [-0.05, 0) is 12.1 Å². The van der Waals surface area contributed by atoms with Crippen LogP contribution in [0.3, 0.4) is 0 Å². The van der Waals surface area contributed by atoms with Gasteiger partial charge >= 0.3 is 0 Å². The normalized spacial score (nSPS) is 20.9. The number of pyridine rings is 1. The molecule has 0 saturated carbocycles. The van der Waals surface area contributed by atoms with Crippen LogP contribution in [0, 0.1) is 0 Å². The summed E-state index contributed by atoms with van der Waals surface area (Å²) in [6.45, 7) is 2.32. The number of anilines is 1. The molecule has 0 bridgehead atoms. The van der Waals surface area contributed by atoms with Crippen molar-refractivity contribution in [3.8, 4) is 5.75 Å². The number of hydrogen-bond acceptors (Lipinski definition) is 4. The SMILES string of the molecule is COc1cccnc1N1CCOCC1CBr. The van der Waals surface area contributed by atoms with Gasteiger partial charge in [-0.3, -0.25) is 0 Å². The Morgan fingerprint density at radius 1 is 1.69 bits per heavy atom. The van der Waals surface area contributed by atoms with E-state index in [2.05, 4.69) is 25.8 Å². The fourth-order valence-corrected chi connectivity index (χ4v) is 2.36. The molecule has 88 valence electrons. The summed E-state index contributed by atoms with van der Waals surface area (Å²) >= 11 is 3.50. The lowest BCUT2D eigenvalue weighted by Crippen LogP contribution is -2.47. The topological polar surface area (TPSA) is 34.6 Å². The van der Waals surface area contributed by atoms with E-state index in [1.54, 1.807) is 13.3 Å². The minimum atomic E-state index is 0.317. The molecule has 5 heteroatoms. The van der Waals surface area contributed by atoms with Crippen molar-refractivity contribution in [2.45, 2.75) is 6.04 Å². The maximum absolute atomic E-state index is 5.46. The molecule has 0 radical (unpaired) electrons. The lowest BCUT2D eigenvalue weighted by Gasteiger charge is -2.36. The van der Waals surface area contributed by atoms with Gasteiger partial charge < -0.3 is 14.4 Å². The van der Waals surface area contributed by atoms with Gasteiger partial charge in [-0.2, -0.15) is 0 Å². The fourth-order valence-electron chi connectivity index (χ4n) is 1.82. The van der Waals surface area contributed by atoms with E-state index in [9.17, 15) is 0 Å². The van der Waals surface area contributed by atoms with Crippen LogP contribution in [0.5, 0.6) is 5.75 Å². The molecule has 1 fully saturated rings.